The van der Waals surface area contributed by atoms with Gasteiger partial charge in [0, 0.05) is 20.6 Å². The predicted octanol–water partition coefficient (Wildman–Crippen LogP) is 2.24. The van der Waals surface area contributed by atoms with Crippen LogP contribution in [-0.2, 0) is 13.6 Å². The van der Waals surface area contributed by atoms with Gasteiger partial charge in [0.15, 0.2) is 5.96 Å². The second-order valence-electron chi connectivity index (χ2n) is 6.78. The maximum absolute atomic E-state index is 4.34. The topological polar surface area (TPSA) is 70.4 Å². The summed E-state index contributed by atoms with van der Waals surface area (Å²) < 4.78 is 1.76. The fourth-order valence-corrected chi connectivity index (χ4v) is 3.36. The zero-order chi connectivity index (χ0) is 18.4. The molecule has 0 spiro atoms. The molecule has 0 radical (unpaired) electrons. The van der Waals surface area contributed by atoms with Crippen molar-refractivity contribution in [1.29, 1.82) is 0 Å². The summed E-state index contributed by atoms with van der Waals surface area (Å²) in [7, 11) is 3.68. The van der Waals surface area contributed by atoms with E-state index in [0.29, 0.717) is 12.6 Å². The van der Waals surface area contributed by atoms with Crippen molar-refractivity contribution in [3.63, 3.8) is 0 Å². The molecule has 1 aliphatic rings. The van der Waals surface area contributed by atoms with Gasteiger partial charge in [0.2, 0.25) is 0 Å². The van der Waals surface area contributed by atoms with Crippen LogP contribution in [0.1, 0.15) is 35.8 Å². The zero-order valence-corrected chi connectivity index (χ0v) is 18.7. The van der Waals surface area contributed by atoms with Crippen LogP contribution in [0.3, 0.4) is 0 Å². The maximum Gasteiger partial charge on any atom is 0.191 e. The second-order valence-corrected chi connectivity index (χ2v) is 6.78. The number of benzene rings is 1. The Bertz CT molecular complexity index is 720. The van der Waals surface area contributed by atoms with Gasteiger partial charge < -0.3 is 10.6 Å². The fraction of sp³-hybridized carbons (Fsp3) is 0.526. The zero-order valence-electron chi connectivity index (χ0n) is 16.4. The summed E-state index contributed by atoms with van der Waals surface area (Å²) in [4.78, 5) is 11.1. The van der Waals surface area contributed by atoms with Crippen LogP contribution >= 0.6 is 24.0 Å². The number of rotatable bonds is 6. The normalized spacial score (nSPS) is 16.0. The molecule has 148 valence electrons. The van der Waals surface area contributed by atoms with Gasteiger partial charge in [-0.05, 0) is 38.4 Å². The molecule has 2 N–H and O–H groups in total. The number of aryl methyl sites for hydroxylation is 2. The number of aromatic nitrogens is 3. The van der Waals surface area contributed by atoms with Gasteiger partial charge in [-0.2, -0.15) is 5.10 Å². The van der Waals surface area contributed by atoms with E-state index in [-0.39, 0.29) is 24.0 Å². The quantitative estimate of drug-likeness (QED) is 0.375. The number of hydrogen-bond acceptors (Lipinski definition) is 4. The molecule has 1 saturated heterocycles. The minimum Gasteiger partial charge on any atom is -0.354 e. The molecular formula is C19H30IN7. The first kappa shape index (κ1) is 21.6. The van der Waals surface area contributed by atoms with E-state index in [0.717, 1.165) is 31.4 Å². The number of likely N-dealkylation sites (tertiary alicyclic amines) is 1. The van der Waals surface area contributed by atoms with E-state index in [1.807, 2.05) is 7.05 Å². The Kier molecular flexibility index (Phi) is 8.49. The van der Waals surface area contributed by atoms with E-state index in [1.54, 1.807) is 18.1 Å². The van der Waals surface area contributed by atoms with Gasteiger partial charge in [-0.25, -0.2) is 4.98 Å². The Morgan fingerprint density at radius 1 is 1.19 bits per heavy atom. The molecule has 1 aliphatic heterocycles. The first-order valence-electron chi connectivity index (χ1n) is 9.25. The van der Waals surface area contributed by atoms with Gasteiger partial charge in [0.25, 0.3) is 0 Å². The third kappa shape index (κ3) is 5.90. The molecule has 1 fully saturated rings. The molecule has 2 heterocycles. The molecule has 0 amide bonds. The molecule has 1 atom stereocenters. The first-order chi connectivity index (χ1) is 12.7. The summed E-state index contributed by atoms with van der Waals surface area (Å²) in [5.41, 5.74) is 2.65. The predicted molar refractivity (Wildman–Crippen MR) is 119 cm³/mol. The number of nitrogens with zero attached hydrogens (tertiary/aromatic N) is 5. The van der Waals surface area contributed by atoms with E-state index in [1.165, 1.54) is 24.0 Å². The van der Waals surface area contributed by atoms with Crippen molar-refractivity contribution >= 4 is 29.9 Å². The van der Waals surface area contributed by atoms with Gasteiger partial charge in [-0.1, -0.05) is 29.8 Å². The molecule has 1 aromatic carbocycles. The number of hydrogen-bond donors (Lipinski definition) is 2. The highest BCUT2D eigenvalue weighted by Crippen LogP contribution is 2.24. The van der Waals surface area contributed by atoms with E-state index in [2.05, 4.69) is 61.8 Å². The van der Waals surface area contributed by atoms with E-state index < -0.39 is 0 Å². The van der Waals surface area contributed by atoms with E-state index in [9.17, 15) is 0 Å². The third-order valence-electron chi connectivity index (χ3n) is 4.95. The number of guanidine groups is 1. The number of nitrogens with one attached hydrogen (secondary N) is 2. The molecule has 8 heteroatoms. The molecule has 27 heavy (non-hydrogen) atoms. The monoisotopic (exact) mass is 483 g/mol. The summed E-state index contributed by atoms with van der Waals surface area (Å²) >= 11 is 0. The molecule has 7 nitrogen and oxygen atoms in total. The molecule has 0 bridgehead atoms. The van der Waals surface area contributed by atoms with Crippen LogP contribution < -0.4 is 10.6 Å². The lowest BCUT2D eigenvalue weighted by Gasteiger charge is -2.29. The van der Waals surface area contributed by atoms with Crippen molar-refractivity contribution in [1.82, 2.24) is 30.3 Å². The van der Waals surface area contributed by atoms with E-state index >= 15 is 0 Å². The minimum absolute atomic E-state index is 0. The standard InChI is InChI=1S/C19H29N7.HI/c1-15-6-8-16(9-7-15)17(26-10-4-5-11-26)12-21-19(20-2)22-13-18-23-14-24-25(18)3;/h6-9,14,17H,4-5,10-13H2,1-3H3,(H2,20,21,22);1H. The van der Waals surface area contributed by atoms with Crippen LogP contribution in [0.5, 0.6) is 0 Å². The molecule has 1 aromatic heterocycles. The maximum atomic E-state index is 4.34. The summed E-state index contributed by atoms with van der Waals surface area (Å²) in [5, 5.41) is 10.9. The van der Waals surface area contributed by atoms with Crippen molar-refractivity contribution in [3.05, 3.63) is 47.5 Å². The Balaban J connectivity index is 0.00000261. The Morgan fingerprint density at radius 3 is 2.48 bits per heavy atom. The Labute approximate surface area is 178 Å². The minimum atomic E-state index is 0. The van der Waals surface area contributed by atoms with Crippen LogP contribution in [0, 0.1) is 6.92 Å². The van der Waals surface area contributed by atoms with Gasteiger partial charge >= 0.3 is 0 Å². The first-order valence-corrected chi connectivity index (χ1v) is 9.25. The van der Waals surface area contributed by atoms with Gasteiger partial charge in [-0.15, -0.1) is 24.0 Å². The molecular weight excluding hydrogens is 453 g/mol. The van der Waals surface area contributed by atoms with Crippen molar-refractivity contribution < 1.29 is 0 Å². The lowest BCUT2D eigenvalue weighted by Crippen LogP contribution is -2.42. The van der Waals surface area contributed by atoms with Crippen LogP contribution in [-0.4, -0.2) is 52.3 Å². The average Bonchev–Trinajstić information content (AvgIpc) is 3.31. The van der Waals surface area contributed by atoms with Crippen LogP contribution in [0.4, 0.5) is 0 Å². The Morgan fingerprint density at radius 2 is 1.89 bits per heavy atom. The highest BCUT2D eigenvalue weighted by Gasteiger charge is 2.23. The summed E-state index contributed by atoms with van der Waals surface area (Å²) in [6, 6.07) is 9.23. The molecule has 3 rings (SSSR count). The summed E-state index contributed by atoms with van der Waals surface area (Å²) in [5.74, 6) is 1.66. The molecule has 2 aromatic rings. The third-order valence-corrected chi connectivity index (χ3v) is 4.95. The van der Waals surface area contributed by atoms with Crippen LogP contribution in [0.15, 0.2) is 35.6 Å². The largest absolute Gasteiger partial charge is 0.354 e. The second kappa shape index (κ2) is 10.6. The van der Waals surface area contributed by atoms with Crippen molar-refractivity contribution in [3.8, 4) is 0 Å². The smallest absolute Gasteiger partial charge is 0.191 e. The highest BCUT2D eigenvalue weighted by atomic mass is 127. The Hall–Kier alpha value is -1.68. The number of halogens is 1. The van der Waals surface area contributed by atoms with Crippen LogP contribution in [0.2, 0.25) is 0 Å². The van der Waals surface area contributed by atoms with Crippen molar-refractivity contribution in [2.75, 3.05) is 26.7 Å². The van der Waals surface area contributed by atoms with Gasteiger partial charge in [0.1, 0.15) is 12.2 Å². The fourth-order valence-electron chi connectivity index (χ4n) is 3.36. The SMILES string of the molecule is CN=C(NCc1ncnn1C)NCC(c1ccc(C)cc1)N1CCCC1.I. The lowest BCUT2D eigenvalue weighted by molar-refractivity contribution is 0.245. The van der Waals surface area contributed by atoms with Crippen LogP contribution in [0.25, 0.3) is 0 Å². The van der Waals surface area contributed by atoms with Crippen molar-refractivity contribution in [2.45, 2.75) is 32.4 Å². The highest BCUT2D eigenvalue weighted by molar-refractivity contribution is 14.0. The number of aliphatic imine (C=N–C) groups is 1. The average molecular weight is 483 g/mol. The molecule has 1 unspecified atom stereocenters. The summed E-state index contributed by atoms with van der Waals surface area (Å²) in [6.45, 7) is 5.86. The molecule has 0 saturated carbocycles. The molecule has 0 aliphatic carbocycles. The van der Waals surface area contributed by atoms with Gasteiger partial charge in [-0.3, -0.25) is 14.6 Å². The van der Waals surface area contributed by atoms with Gasteiger partial charge in [0.05, 0.1) is 12.6 Å². The van der Waals surface area contributed by atoms with Crippen molar-refractivity contribution in [2.24, 2.45) is 12.0 Å². The summed E-state index contributed by atoms with van der Waals surface area (Å²) in [6.07, 6.45) is 4.12. The van der Waals surface area contributed by atoms with E-state index in [4.69, 9.17) is 0 Å². The lowest BCUT2D eigenvalue weighted by atomic mass is 10.0.